The third kappa shape index (κ3) is 4.96. The zero-order chi connectivity index (χ0) is 22.0. The zero-order valence-corrected chi connectivity index (χ0v) is 20.1. The van der Waals surface area contributed by atoms with Gasteiger partial charge in [-0.05, 0) is 62.4 Å². The number of carbonyl (C=O) groups is 1. The lowest BCUT2D eigenvalue weighted by Crippen LogP contribution is -2.33. The molecular weight excluding hydrogens is 478 g/mol. The summed E-state index contributed by atoms with van der Waals surface area (Å²) in [5, 5.41) is 0. The lowest BCUT2D eigenvalue weighted by molar-refractivity contribution is -0.119. The molecule has 0 bridgehead atoms. The first-order chi connectivity index (χ1) is 14.9. The molecule has 2 aromatic rings. The lowest BCUT2D eigenvalue weighted by Gasteiger charge is -2.23. The van der Waals surface area contributed by atoms with Crippen molar-refractivity contribution in [1.29, 1.82) is 0 Å². The Labute approximate surface area is 192 Å². The number of para-hydroxylation sites is 1. The molecule has 1 aliphatic heterocycles. The fourth-order valence-electron chi connectivity index (χ4n) is 4.11. The van der Waals surface area contributed by atoms with Crippen LogP contribution in [0, 0.1) is 5.92 Å². The number of hydrogen-bond acceptors (Lipinski definition) is 4. The third-order valence-corrected chi connectivity index (χ3v) is 7.81. The number of carbonyl (C=O) groups excluding carboxylic acids is 1. The molecule has 4 rings (SSSR count). The SMILES string of the molecule is CCN(CCCNS(=O)(=O)c1cc(Br)cc2c1N(C(=O)C1CC1)CC2)c1ccccc1. The largest absolute Gasteiger partial charge is 0.372 e. The molecule has 6 nitrogen and oxygen atoms in total. The van der Waals surface area contributed by atoms with E-state index in [1.807, 2.05) is 24.3 Å². The summed E-state index contributed by atoms with van der Waals surface area (Å²) < 4.78 is 29.9. The summed E-state index contributed by atoms with van der Waals surface area (Å²) >= 11 is 3.44. The summed E-state index contributed by atoms with van der Waals surface area (Å²) in [5.74, 6) is 0.107. The number of rotatable bonds is 9. The van der Waals surface area contributed by atoms with Crippen molar-refractivity contribution in [3.8, 4) is 0 Å². The Morgan fingerprint density at radius 1 is 1.23 bits per heavy atom. The molecule has 2 aromatic carbocycles. The van der Waals surface area contributed by atoms with Crippen molar-refractivity contribution in [1.82, 2.24) is 4.72 Å². The van der Waals surface area contributed by atoms with Gasteiger partial charge in [0.25, 0.3) is 0 Å². The summed E-state index contributed by atoms with van der Waals surface area (Å²) in [7, 11) is -3.74. The molecule has 8 heteroatoms. The zero-order valence-electron chi connectivity index (χ0n) is 17.7. The first kappa shape index (κ1) is 22.3. The molecule has 166 valence electrons. The third-order valence-electron chi connectivity index (χ3n) is 5.88. The summed E-state index contributed by atoms with van der Waals surface area (Å²) in [6.07, 6.45) is 3.16. The van der Waals surface area contributed by atoms with Crippen molar-refractivity contribution < 1.29 is 13.2 Å². The van der Waals surface area contributed by atoms with E-state index in [-0.39, 0.29) is 16.7 Å². The van der Waals surface area contributed by atoms with E-state index in [4.69, 9.17) is 0 Å². The normalized spacial score (nSPS) is 15.7. The molecule has 1 heterocycles. The fraction of sp³-hybridized carbons (Fsp3) is 0.435. The van der Waals surface area contributed by atoms with Gasteiger partial charge in [-0.1, -0.05) is 34.1 Å². The van der Waals surface area contributed by atoms with E-state index in [1.165, 1.54) is 0 Å². The molecule has 1 N–H and O–H groups in total. The number of nitrogens with zero attached hydrogens (tertiary/aromatic N) is 2. The molecule has 1 amide bonds. The number of sulfonamides is 1. The first-order valence-corrected chi connectivity index (χ1v) is 13.1. The maximum absolute atomic E-state index is 13.2. The van der Waals surface area contributed by atoms with E-state index in [0.29, 0.717) is 36.1 Å². The fourth-order valence-corrected chi connectivity index (χ4v) is 6.11. The number of amides is 1. The minimum atomic E-state index is -3.74. The van der Waals surface area contributed by atoms with E-state index in [1.54, 1.807) is 11.0 Å². The number of anilines is 2. The summed E-state index contributed by atoms with van der Waals surface area (Å²) in [4.78, 5) is 16.8. The molecule has 0 saturated heterocycles. The minimum absolute atomic E-state index is 0.0520. The van der Waals surface area contributed by atoms with Crippen molar-refractivity contribution in [2.45, 2.75) is 37.5 Å². The molecule has 0 spiro atoms. The predicted molar refractivity (Wildman–Crippen MR) is 127 cm³/mol. The second-order valence-electron chi connectivity index (χ2n) is 8.09. The average molecular weight is 506 g/mol. The molecule has 0 aromatic heterocycles. The van der Waals surface area contributed by atoms with Gasteiger partial charge in [-0.25, -0.2) is 13.1 Å². The van der Waals surface area contributed by atoms with E-state index in [9.17, 15) is 13.2 Å². The lowest BCUT2D eigenvalue weighted by atomic mass is 10.2. The highest BCUT2D eigenvalue weighted by Crippen LogP contribution is 2.41. The van der Waals surface area contributed by atoms with Gasteiger partial charge in [-0.15, -0.1) is 0 Å². The Morgan fingerprint density at radius 2 is 1.97 bits per heavy atom. The van der Waals surface area contributed by atoms with E-state index in [0.717, 1.165) is 37.2 Å². The van der Waals surface area contributed by atoms with Crippen molar-refractivity contribution >= 4 is 43.2 Å². The Bertz CT molecular complexity index is 1060. The van der Waals surface area contributed by atoms with Crippen LogP contribution in [0.4, 0.5) is 11.4 Å². The van der Waals surface area contributed by atoms with E-state index < -0.39 is 10.0 Å². The van der Waals surface area contributed by atoms with Crippen LogP contribution >= 0.6 is 15.9 Å². The van der Waals surface area contributed by atoms with Crippen LogP contribution in [0.15, 0.2) is 51.8 Å². The maximum atomic E-state index is 13.2. The maximum Gasteiger partial charge on any atom is 0.242 e. The quantitative estimate of drug-likeness (QED) is 0.524. The van der Waals surface area contributed by atoms with Crippen molar-refractivity contribution in [3.05, 3.63) is 52.5 Å². The standard InChI is InChI=1S/C23H28BrN3O3S/c1-2-26(20-7-4-3-5-8-20)13-6-12-25-31(29,30)21-16-19(24)15-18-11-14-27(22(18)21)23(28)17-9-10-17/h3-5,7-8,15-17,25H,2,6,9-14H2,1H3. The molecule has 31 heavy (non-hydrogen) atoms. The smallest absolute Gasteiger partial charge is 0.242 e. The molecular formula is C23H28BrN3O3S. The van der Waals surface area contributed by atoms with Gasteiger partial charge in [0, 0.05) is 42.3 Å². The number of halogens is 1. The van der Waals surface area contributed by atoms with Crippen LogP contribution in [0.1, 0.15) is 31.7 Å². The van der Waals surface area contributed by atoms with Gasteiger partial charge in [0.15, 0.2) is 0 Å². The summed E-state index contributed by atoms with van der Waals surface area (Å²) in [6, 6.07) is 13.6. The molecule has 1 aliphatic carbocycles. The summed E-state index contributed by atoms with van der Waals surface area (Å²) in [6.45, 7) is 4.59. The molecule has 1 saturated carbocycles. The number of fused-ring (bicyclic) bond motifs is 1. The molecule has 2 aliphatic rings. The van der Waals surface area contributed by atoms with Crippen LogP contribution in [0.3, 0.4) is 0 Å². The molecule has 0 radical (unpaired) electrons. The highest BCUT2D eigenvalue weighted by atomic mass is 79.9. The Hall–Kier alpha value is -1.90. The average Bonchev–Trinajstić information content (AvgIpc) is 3.53. The Kier molecular flexibility index (Phi) is 6.69. The molecule has 1 fully saturated rings. The van der Waals surface area contributed by atoms with Gasteiger partial charge in [0.2, 0.25) is 15.9 Å². The minimum Gasteiger partial charge on any atom is -0.372 e. The van der Waals surface area contributed by atoms with Crippen molar-refractivity contribution in [2.24, 2.45) is 5.92 Å². The van der Waals surface area contributed by atoms with Crippen LogP contribution in [-0.4, -0.2) is 40.5 Å². The highest BCUT2D eigenvalue weighted by molar-refractivity contribution is 9.10. The summed E-state index contributed by atoms with van der Waals surface area (Å²) in [5.41, 5.74) is 2.60. The molecule has 0 unspecified atom stereocenters. The number of nitrogens with one attached hydrogen (secondary N) is 1. The molecule has 0 atom stereocenters. The van der Waals surface area contributed by atoms with Gasteiger partial charge in [-0.3, -0.25) is 4.79 Å². The van der Waals surface area contributed by atoms with Gasteiger partial charge >= 0.3 is 0 Å². The second-order valence-corrected chi connectivity index (χ2v) is 10.7. The van der Waals surface area contributed by atoms with E-state index >= 15 is 0 Å². The Morgan fingerprint density at radius 3 is 2.65 bits per heavy atom. The number of benzene rings is 2. The van der Waals surface area contributed by atoms with Crippen LogP contribution < -0.4 is 14.5 Å². The van der Waals surface area contributed by atoms with Crippen LogP contribution in [0.25, 0.3) is 0 Å². The Balaban J connectivity index is 1.46. The first-order valence-electron chi connectivity index (χ1n) is 10.8. The number of hydrogen-bond donors (Lipinski definition) is 1. The van der Waals surface area contributed by atoms with E-state index in [2.05, 4.69) is 44.6 Å². The second kappa shape index (κ2) is 9.30. The van der Waals surface area contributed by atoms with Crippen molar-refractivity contribution in [2.75, 3.05) is 36.0 Å². The van der Waals surface area contributed by atoms with Gasteiger partial charge < -0.3 is 9.80 Å². The topological polar surface area (TPSA) is 69.7 Å². The monoisotopic (exact) mass is 505 g/mol. The predicted octanol–water partition coefficient (Wildman–Crippen LogP) is 3.94. The van der Waals surface area contributed by atoms with Crippen LogP contribution in [-0.2, 0) is 21.2 Å². The van der Waals surface area contributed by atoms with Crippen LogP contribution in [0.5, 0.6) is 0 Å². The van der Waals surface area contributed by atoms with Gasteiger partial charge in [0.05, 0.1) is 5.69 Å². The van der Waals surface area contributed by atoms with Crippen LogP contribution in [0.2, 0.25) is 0 Å². The van der Waals surface area contributed by atoms with Crippen molar-refractivity contribution in [3.63, 3.8) is 0 Å². The highest BCUT2D eigenvalue weighted by Gasteiger charge is 2.39. The van der Waals surface area contributed by atoms with Gasteiger partial charge in [-0.2, -0.15) is 0 Å². The van der Waals surface area contributed by atoms with Gasteiger partial charge in [0.1, 0.15) is 4.90 Å².